The Morgan fingerprint density at radius 3 is 2.92 bits per heavy atom. The molecule has 72 valence electrons. The number of carbonyl (C=O) groups excluding carboxylic acids is 1. The summed E-state index contributed by atoms with van der Waals surface area (Å²) in [4.78, 5) is 11.2. The van der Waals surface area contributed by atoms with Gasteiger partial charge in [0.15, 0.2) is 0 Å². The first-order chi connectivity index (χ1) is 6.11. The fraction of sp³-hybridized carbons (Fsp3) is 0.500. The molecule has 0 saturated carbocycles. The highest BCUT2D eigenvalue weighted by Gasteiger charge is 2.07. The average molecular weight is 246 g/mol. The lowest BCUT2D eigenvalue weighted by molar-refractivity contribution is -0.124. The third kappa shape index (κ3) is 2.84. The smallest absolute Gasteiger partial charge is 0.222 e. The molecule has 1 amide bonds. The molecule has 4 nitrogen and oxygen atoms in total. The second-order valence-electron chi connectivity index (χ2n) is 3.07. The van der Waals surface area contributed by atoms with Crippen LogP contribution >= 0.6 is 15.9 Å². The highest BCUT2D eigenvalue weighted by Crippen LogP contribution is 2.11. The number of rotatable bonds is 3. The molecule has 0 aromatic carbocycles. The van der Waals surface area contributed by atoms with Gasteiger partial charge in [0.05, 0.1) is 22.9 Å². The van der Waals surface area contributed by atoms with Gasteiger partial charge in [-0.3, -0.25) is 9.89 Å². The normalized spacial score (nSPS) is 10.5. The number of carbonyl (C=O) groups is 1. The molecule has 0 aliphatic heterocycles. The molecular formula is C8H12BrN3O. The number of halogens is 1. The van der Waals surface area contributed by atoms with Gasteiger partial charge in [-0.15, -0.1) is 0 Å². The summed E-state index contributed by atoms with van der Waals surface area (Å²) in [5.74, 6) is 0.0585. The zero-order valence-corrected chi connectivity index (χ0v) is 9.18. The highest BCUT2D eigenvalue weighted by molar-refractivity contribution is 9.10. The molecule has 1 aromatic rings. The number of aromatic nitrogens is 2. The van der Waals surface area contributed by atoms with Crippen LogP contribution in [0, 0.1) is 5.92 Å². The lowest BCUT2D eigenvalue weighted by Gasteiger charge is -2.05. The SMILES string of the molecule is CC(C)C(=O)NCc1[nH]ncc1Br. The van der Waals surface area contributed by atoms with Gasteiger partial charge >= 0.3 is 0 Å². The van der Waals surface area contributed by atoms with E-state index in [1.807, 2.05) is 13.8 Å². The molecule has 2 N–H and O–H groups in total. The van der Waals surface area contributed by atoms with Crippen LogP contribution in [0.15, 0.2) is 10.7 Å². The predicted octanol–water partition coefficient (Wildman–Crippen LogP) is 1.44. The van der Waals surface area contributed by atoms with E-state index in [0.29, 0.717) is 6.54 Å². The second kappa shape index (κ2) is 4.41. The third-order valence-electron chi connectivity index (χ3n) is 1.63. The third-order valence-corrected chi connectivity index (χ3v) is 2.31. The summed E-state index contributed by atoms with van der Waals surface area (Å²) in [6, 6.07) is 0. The molecule has 0 unspecified atom stereocenters. The van der Waals surface area contributed by atoms with E-state index < -0.39 is 0 Å². The highest BCUT2D eigenvalue weighted by atomic mass is 79.9. The Bertz CT molecular complexity index is 295. The van der Waals surface area contributed by atoms with Crippen LogP contribution in [0.3, 0.4) is 0 Å². The summed E-state index contributed by atoms with van der Waals surface area (Å²) in [5.41, 5.74) is 0.883. The second-order valence-corrected chi connectivity index (χ2v) is 3.92. The molecular weight excluding hydrogens is 234 g/mol. The summed E-state index contributed by atoms with van der Waals surface area (Å²) in [5, 5.41) is 9.39. The van der Waals surface area contributed by atoms with Crippen molar-refractivity contribution in [3.8, 4) is 0 Å². The molecule has 0 atom stereocenters. The molecule has 0 aliphatic carbocycles. The number of nitrogens with one attached hydrogen (secondary N) is 2. The van der Waals surface area contributed by atoms with Crippen LogP contribution in [-0.4, -0.2) is 16.1 Å². The molecule has 0 spiro atoms. The molecule has 0 fully saturated rings. The minimum atomic E-state index is 0.0155. The first kappa shape index (κ1) is 10.2. The zero-order chi connectivity index (χ0) is 9.84. The summed E-state index contributed by atoms with van der Waals surface area (Å²) in [7, 11) is 0. The largest absolute Gasteiger partial charge is 0.350 e. The predicted molar refractivity (Wildman–Crippen MR) is 53.0 cm³/mol. The van der Waals surface area contributed by atoms with Crippen molar-refractivity contribution in [1.29, 1.82) is 0 Å². The first-order valence-corrected chi connectivity index (χ1v) is 4.86. The number of amides is 1. The van der Waals surface area contributed by atoms with Gasteiger partial charge in [0.2, 0.25) is 5.91 Å². The van der Waals surface area contributed by atoms with Crippen LogP contribution in [-0.2, 0) is 11.3 Å². The molecule has 1 aromatic heterocycles. The Hall–Kier alpha value is -0.840. The maximum absolute atomic E-state index is 11.2. The van der Waals surface area contributed by atoms with E-state index in [9.17, 15) is 4.79 Å². The van der Waals surface area contributed by atoms with Gasteiger partial charge in [0.25, 0.3) is 0 Å². The number of H-pyrrole nitrogens is 1. The lowest BCUT2D eigenvalue weighted by Crippen LogP contribution is -2.27. The standard InChI is InChI=1S/C8H12BrN3O/c1-5(2)8(13)10-4-7-6(9)3-11-12-7/h3,5H,4H2,1-2H3,(H,10,13)(H,11,12). The van der Waals surface area contributed by atoms with E-state index in [2.05, 4.69) is 31.4 Å². The maximum atomic E-state index is 11.2. The van der Waals surface area contributed by atoms with Gasteiger partial charge in [0.1, 0.15) is 0 Å². The molecule has 0 bridgehead atoms. The number of nitrogens with zero attached hydrogens (tertiary/aromatic N) is 1. The summed E-state index contributed by atoms with van der Waals surface area (Å²) < 4.78 is 0.886. The van der Waals surface area contributed by atoms with Gasteiger partial charge < -0.3 is 5.32 Å². The molecule has 1 rings (SSSR count). The van der Waals surface area contributed by atoms with E-state index in [4.69, 9.17) is 0 Å². The minimum Gasteiger partial charge on any atom is -0.350 e. The van der Waals surface area contributed by atoms with Crippen molar-refractivity contribution in [2.75, 3.05) is 0 Å². The van der Waals surface area contributed by atoms with Crippen molar-refractivity contribution in [3.63, 3.8) is 0 Å². The number of hydrogen-bond acceptors (Lipinski definition) is 2. The van der Waals surface area contributed by atoms with Crippen molar-refractivity contribution in [2.24, 2.45) is 5.92 Å². The Kier molecular flexibility index (Phi) is 3.48. The van der Waals surface area contributed by atoms with Crippen LogP contribution in [0.5, 0.6) is 0 Å². The van der Waals surface area contributed by atoms with Crippen molar-refractivity contribution >= 4 is 21.8 Å². The monoisotopic (exact) mass is 245 g/mol. The maximum Gasteiger partial charge on any atom is 0.222 e. The molecule has 1 heterocycles. The van der Waals surface area contributed by atoms with Crippen LogP contribution in [0.4, 0.5) is 0 Å². The lowest BCUT2D eigenvalue weighted by atomic mass is 10.2. The molecule has 0 aliphatic rings. The average Bonchev–Trinajstić information content (AvgIpc) is 2.47. The van der Waals surface area contributed by atoms with Crippen LogP contribution in [0.2, 0.25) is 0 Å². The van der Waals surface area contributed by atoms with Gasteiger partial charge in [-0.2, -0.15) is 5.10 Å². The minimum absolute atomic E-state index is 0.0155. The van der Waals surface area contributed by atoms with Crippen LogP contribution < -0.4 is 5.32 Å². The van der Waals surface area contributed by atoms with E-state index in [1.165, 1.54) is 0 Å². The summed E-state index contributed by atoms with van der Waals surface area (Å²) in [6.07, 6.45) is 1.66. The summed E-state index contributed by atoms with van der Waals surface area (Å²) >= 11 is 3.31. The summed E-state index contributed by atoms with van der Waals surface area (Å²) in [6.45, 7) is 4.20. The van der Waals surface area contributed by atoms with Crippen molar-refractivity contribution in [2.45, 2.75) is 20.4 Å². The molecule has 0 saturated heterocycles. The Balaban J connectivity index is 2.44. The van der Waals surface area contributed by atoms with Gasteiger partial charge in [0, 0.05) is 5.92 Å². The number of hydrogen-bond donors (Lipinski definition) is 2. The van der Waals surface area contributed by atoms with E-state index in [1.54, 1.807) is 6.20 Å². The van der Waals surface area contributed by atoms with Crippen LogP contribution in [0.25, 0.3) is 0 Å². The molecule has 0 radical (unpaired) electrons. The molecule has 5 heteroatoms. The number of aromatic amines is 1. The van der Waals surface area contributed by atoms with E-state index in [0.717, 1.165) is 10.2 Å². The fourth-order valence-electron chi connectivity index (χ4n) is 0.802. The first-order valence-electron chi connectivity index (χ1n) is 4.06. The van der Waals surface area contributed by atoms with E-state index in [-0.39, 0.29) is 11.8 Å². The van der Waals surface area contributed by atoms with Gasteiger partial charge in [-0.25, -0.2) is 0 Å². The van der Waals surface area contributed by atoms with Gasteiger partial charge in [-0.1, -0.05) is 13.8 Å². The topological polar surface area (TPSA) is 57.8 Å². The zero-order valence-electron chi connectivity index (χ0n) is 7.60. The Labute approximate surface area is 85.2 Å². The molecule has 13 heavy (non-hydrogen) atoms. The van der Waals surface area contributed by atoms with Gasteiger partial charge in [-0.05, 0) is 15.9 Å². The van der Waals surface area contributed by atoms with Crippen molar-refractivity contribution in [1.82, 2.24) is 15.5 Å². The van der Waals surface area contributed by atoms with Crippen molar-refractivity contribution < 1.29 is 4.79 Å². The Morgan fingerprint density at radius 2 is 2.46 bits per heavy atom. The van der Waals surface area contributed by atoms with E-state index >= 15 is 0 Å². The fourth-order valence-corrected chi connectivity index (χ4v) is 1.13. The van der Waals surface area contributed by atoms with Crippen molar-refractivity contribution in [3.05, 3.63) is 16.4 Å². The Morgan fingerprint density at radius 1 is 1.77 bits per heavy atom. The quantitative estimate of drug-likeness (QED) is 0.847. The van der Waals surface area contributed by atoms with Crippen LogP contribution in [0.1, 0.15) is 19.5 Å².